The fraction of sp³-hybridized carbons (Fsp3) is 0.462. The molecule has 1 fully saturated rings. The molecule has 90 valence electrons. The van der Waals surface area contributed by atoms with E-state index in [2.05, 4.69) is 46.4 Å². The number of hydrogen-bond acceptors (Lipinski definition) is 3. The maximum atomic E-state index is 4.56. The highest BCUT2D eigenvalue weighted by Gasteiger charge is 2.26. The number of nitrogens with zero attached hydrogens (tertiary/aromatic N) is 2. The first kappa shape index (κ1) is 10.8. The van der Waals surface area contributed by atoms with Crippen LogP contribution in [0.5, 0.6) is 0 Å². The molecule has 0 unspecified atom stereocenters. The summed E-state index contributed by atoms with van der Waals surface area (Å²) in [6, 6.07) is 2.85. The van der Waals surface area contributed by atoms with Gasteiger partial charge < -0.3 is 9.88 Å². The van der Waals surface area contributed by atoms with Gasteiger partial charge in [-0.1, -0.05) is 0 Å². The molecule has 4 heteroatoms. The zero-order chi connectivity index (χ0) is 11.8. The van der Waals surface area contributed by atoms with Crippen LogP contribution >= 0.6 is 11.3 Å². The normalized spacial score (nSPS) is 15.2. The fourth-order valence-corrected chi connectivity index (χ4v) is 2.87. The van der Waals surface area contributed by atoms with Crippen LogP contribution in [0.25, 0.3) is 0 Å². The highest BCUT2D eigenvalue weighted by atomic mass is 32.1. The molecule has 0 atom stereocenters. The molecular weight excluding hydrogens is 230 g/mol. The molecule has 0 aromatic carbocycles. The number of thiophene rings is 1. The Hall–Kier alpha value is -1.29. The summed E-state index contributed by atoms with van der Waals surface area (Å²) >= 11 is 1.81. The predicted octanol–water partition coefficient (Wildman–Crippen LogP) is 3.51. The standard InChI is InChI=1S/C13H17N3S/c1-9-5-6-17-12(9)7-14-13-15-10(2)8-16(13)11-3-4-11/h5-6,8,11H,3-4,7H2,1-2H3,(H,14,15). The highest BCUT2D eigenvalue weighted by molar-refractivity contribution is 7.10. The van der Waals surface area contributed by atoms with Crippen molar-refractivity contribution in [1.82, 2.24) is 9.55 Å². The Morgan fingerprint density at radius 3 is 2.94 bits per heavy atom. The van der Waals surface area contributed by atoms with Crippen LogP contribution in [0.1, 0.15) is 35.0 Å². The van der Waals surface area contributed by atoms with E-state index in [0.717, 1.165) is 18.2 Å². The molecule has 17 heavy (non-hydrogen) atoms. The van der Waals surface area contributed by atoms with Gasteiger partial charge in [0.1, 0.15) is 0 Å². The summed E-state index contributed by atoms with van der Waals surface area (Å²) in [7, 11) is 0. The summed E-state index contributed by atoms with van der Waals surface area (Å²) in [5.74, 6) is 1.03. The van der Waals surface area contributed by atoms with Gasteiger partial charge in [0.05, 0.1) is 12.2 Å². The number of rotatable bonds is 4. The average Bonchev–Trinajstić information content (AvgIpc) is 2.97. The van der Waals surface area contributed by atoms with Crippen LogP contribution in [-0.4, -0.2) is 9.55 Å². The van der Waals surface area contributed by atoms with E-state index in [4.69, 9.17) is 0 Å². The Labute approximate surface area is 106 Å². The highest BCUT2D eigenvalue weighted by Crippen LogP contribution is 2.37. The van der Waals surface area contributed by atoms with E-state index in [1.54, 1.807) is 11.3 Å². The van der Waals surface area contributed by atoms with Crippen molar-refractivity contribution in [2.75, 3.05) is 5.32 Å². The monoisotopic (exact) mass is 247 g/mol. The molecule has 0 aliphatic heterocycles. The Morgan fingerprint density at radius 1 is 1.47 bits per heavy atom. The number of aryl methyl sites for hydroxylation is 2. The van der Waals surface area contributed by atoms with Crippen molar-refractivity contribution in [3.8, 4) is 0 Å². The number of nitrogens with one attached hydrogen (secondary N) is 1. The molecule has 2 aromatic rings. The molecule has 2 aromatic heterocycles. The van der Waals surface area contributed by atoms with Gasteiger partial charge >= 0.3 is 0 Å². The zero-order valence-electron chi connectivity index (χ0n) is 10.2. The van der Waals surface area contributed by atoms with Gasteiger partial charge in [-0.05, 0) is 43.7 Å². The van der Waals surface area contributed by atoms with E-state index in [0.29, 0.717) is 6.04 Å². The van der Waals surface area contributed by atoms with Gasteiger partial charge in [0, 0.05) is 17.1 Å². The van der Waals surface area contributed by atoms with Gasteiger partial charge in [0.2, 0.25) is 5.95 Å². The van der Waals surface area contributed by atoms with Crippen molar-refractivity contribution >= 4 is 17.3 Å². The van der Waals surface area contributed by atoms with E-state index < -0.39 is 0 Å². The first-order chi connectivity index (χ1) is 8.24. The second-order valence-corrected chi connectivity index (χ2v) is 5.73. The second-order valence-electron chi connectivity index (χ2n) is 4.72. The molecule has 1 aliphatic carbocycles. The summed E-state index contributed by atoms with van der Waals surface area (Å²) in [5, 5.41) is 5.60. The summed E-state index contributed by atoms with van der Waals surface area (Å²) in [6.07, 6.45) is 4.74. The van der Waals surface area contributed by atoms with Gasteiger partial charge in [-0.25, -0.2) is 4.98 Å². The van der Waals surface area contributed by atoms with E-state index in [1.165, 1.54) is 23.3 Å². The third kappa shape index (κ3) is 2.22. The second kappa shape index (κ2) is 4.18. The SMILES string of the molecule is Cc1cn(C2CC2)c(NCc2sccc2C)n1. The average molecular weight is 247 g/mol. The summed E-state index contributed by atoms with van der Waals surface area (Å²) in [4.78, 5) is 5.95. The number of hydrogen-bond donors (Lipinski definition) is 1. The molecule has 3 nitrogen and oxygen atoms in total. The first-order valence-corrected chi connectivity index (χ1v) is 6.94. The zero-order valence-corrected chi connectivity index (χ0v) is 11.0. The Bertz CT molecular complexity index is 523. The maximum absolute atomic E-state index is 4.56. The fourth-order valence-electron chi connectivity index (χ4n) is 2.02. The smallest absolute Gasteiger partial charge is 0.203 e. The molecular formula is C13H17N3S. The minimum absolute atomic E-state index is 0.683. The quantitative estimate of drug-likeness (QED) is 0.896. The van der Waals surface area contributed by atoms with Crippen molar-refractivity contribution in [3.05, 3.63) is 33.8 Å². The topological polar surface area (TPSA) is 29.9 Å². The van der Waals surface area contributed by atoms with Gasteiger partial charge in [-0.15, -0.1) is 11.3 Å². The van der Waals surface area contributed by atoms with Gasteiger partial charge in [-0.2, -0.15) is 0 Å². The Kier molecular flexibility index (Phi) is 2.67. The number of imidazole rings is 1. The van der Waals surface area contributed by atoms with Crippen LogP contribution in [0.15, 0.2) is 17.6 Å². The molecule has 3 rings (SSSR count). The molecule has 0 spiro atoms. The lowest BCUT2D eigenvalue weighted by atomic mass is 10.3. The first-order valence-electron chi connectivity index (χ1n) is 6.06. The molecule has 0 amide bonds. The molecule has 1 saturated carbocycles. The van der Waals surface area contributed by atoms with E-state index in [9.17, 15) is 0 Å². The minimum Gasteiger partial charge on any atom is -0.351 e. The van der Waals surface area contributed by atoms with E-state index in [1.807, 2.05) is 0 Å². The Morgan fingerprint density at radius 2 is 2.29 bits per heavy atom. The summed E-state index contributed by atoms with van der Waals surface area (Å²) in [5.41, 5.74) is 2.46. The van der Waals surface area contributed by atoms with Crippen molar-refractivity contribution in [2.24, 2.45) is 0 Å². The molecule has 0 saturated heterocycles. The van der Waals surface area contributed by atoms with Crippen molar-refractivity contribution in [3.63, 3.8) is 0 Å². The van der Waals surface area contributed by atoms with Crippen LogP contribution < -0.4 is 5.32 Å². The van der Waals surface area contributed by atoms with Crippen molar-refractivity contribution in [1.29, 1.82) is 0 Å². The maximum Gasteiger partial charge on any atom is 0.203 e. The van der Waals surface area contributed by atoms with Crippen LogP contribution in [0, 0.1) is 13.8 Å². The van der Waals surface area contributed by atoms with E-state index >= 15 is 0 Å². The van der Waals surface area contributed by atoms with Gasteiger partial charge in [-0.3, -0.25) is 0 Å². The third-order valence-electron chi connectivity index (χ3n) is 3.17. The summed E-state index contributed by atoms with van der Waals surface area (Å²) in [6.45, 7) is 5.10. The molecule has 1 aliphatic rings. The molecule has 2 heterocycles. The van der Waals surface area contributed by atoms with Gasteiger partial charge in [0.15, 0.2) is 0 Å². The number of aromatic nitrogens is 2. The molecule has 0 radical (unpaired) electrons. The largest absolute Gasteiger partial charge is 0.351 e. The van der Waals surface area contributed by atoms with Crippen molar-refractivity contribution in [2.45, 2.75) is 39.3 Å². The molecule has 1 N–H and O–H groups in total. The summed E-state index contributed by atoms with van der Waals surface area (Å²) < 4.78 is 2.29. The lowest BCUT2D eigenvalue weighted by Gasteiger charge is -2.08. The van der Waals surface area contributed by atoms with Crippen molar-refractivity contribution < 1.29 is 0 Å². The van der Waals surface area contributed by atoms with Crippen LogP contribution in [0.2, 0.25) is 0 Å². The van der Waals surface area contributed by atoms with Crippen LogP contribution in [0.4, 0.5) is 5.95 Å². The van der Waals surface area contributed by atoms with Gasteiger partial charge in [0.25, 0.3) is 0 Å². The van der Waals surface area contributed by atoms with Crippen LogP contribution in [-0.2, 0) is 6.54 Å². The molecule has 0 bridgehead atoms. The predicted molar refractivity (Wildman–Crippen MR) is 71.6 cm³/mol. The third-order valence-corrected chi connectivity index (χ3v) is 4.19. The minimum atomic E-state index is 0.683. The Balaban J connectivity index is 1.74. The van der Waals surface area contributed by atoms with Crippen LogP contribution in [0.3, 0.4) is 0 Å². The van der Waals surface area contributed by atoms with E-state index in [-0.39, 0.29) is 0 Å². The lowest BCUT2D eigenvalue weighted by molar-refractivity contribution is 0.743. The lowest BCUT2D eigenvalue weighted by Crippen LogP contribution is -2.05. The number of anilines is 1.